The summed E-state index contributed by atoms with van der Waals surface area (Å²) in [6.07, 6.45) is 5.82. The maximum atomic E-state index is 10.9. The molecule has 1 aromatic carbocycles. The van der Waals surface area contributed by atoms with Crippen LogP contribution in [0.25, 0.3) is 0 Å². The first kappa shape index (κ1) is 11.8. The molecule has 0 aliphatic heterocycles. The van der Waals surface area contributed by atoms with Gasteiger partial charge in [0.05, 0.1) is 17.4 Å². The summed E-state index contributed by atoms with van der Waals surface area (Å²) in [6.45, 7) is 0. The molecule has 0 saturated heterocycles. The number of nitrogen functional groups attached to an aromatic ring is 1. The van der Waals surface area contributed by atoms with Crippen molar-refractivity contribution in [3.8, 4) is 5.75 Å². The second-order valence-corrected chi connectivity index (χ2v) is 4.44. The van der Waals surface area contributed by atoms with Crippen molar-refractivity contribution in [1.29, 1.82) is 0 Å². The summed E-state index contributed by atoms with van der Waals surface area (Å²) >= 11 is 0. The van der Waals surface area contributed by atoms with E-state index in [1.165, 1.54) is 31.4 Å². The van der Waals surface area contributed by atoms with Crippen molar-refractivity contribution in [3.63, 3.8) is 0 Å². The lowest BCUT2D eigenvalue weighted by molar-refractivity contribution is 0.0695. The summed E-state index contributed by atoms with van der Waals surface area (Å²) in [4.78, 5) is 10.9. The van der Waals surface area contributed by atoms with E-state index in [9.17, 15) is 4.79 Å². The summed E-state index contributed by atoms with van der Waals surface area (Å²) in [5.74, 6) is -0.463. The lowest BCUT2D eigenvalue weighted by atomic mass is 9.98. The third kappa shape index (κ3) is 2.90. The first-order valence-corrected chi connectivity index (χ1v) is 5.96. The summed E-state index contributed by atoms with van der Waals surface area (Å²) in [6, 6.07) is 4.58. The van der Waals surface area contributed by atoms with Crippen molar-refractivity contribution in [3.05, 3.63) is 23.8 Å². The zero-order valence-electron chi connectivity index (χ0n) is 9.69. The highest BCUT2D eigenvalue weighted by atomic mass is 16.5. The smallest absolute Gasteiger partial charge is 0.335 e. The molecule has 0 amide bonds. The van der Waals surface area contributed by atoms with Crippen molar-refractivity contribution in [1.82, 2.24) is 0 Å². The van der Waals surface area contributed by atoms with Gasteiger partial charge in [0.1, 0.15) is 5.75 Å². The highest BCUT2D eigenvalue weighted by molar-refractivity contribution is 5.89. The van der Waals surface area contributed by atoms with E-state index in [1.807, 2.05) is 0 Å². The molecular formula is C13H17NO3. The van der Waals surface area contributed by atoms with Crippen LogP contribution in [-0.2, 0) is 0 Å². The molecule has 0 aromatic heterocycles. The second kappa shape index (κ2) is 5.08. The van der Waals surface area contributed by atoms with Crippen LogP contribution < -0.4 is 10.5 Å². The molecule has 0 atom stereocenters. The van der Waals surface area contributed by atoms with E-state index in [0.717, 1.165) is 12.8 Å². The van der Waals surface area contributed by atoms with Crippen molar-refractivity contribution < 1.29 is 14.6 Å². The van der Waals surface area contributed by atoms with E-state index in [0.29, 0.717) is 11.4 Å². The average Bonchev–Trinajstić information content (AvgIpc) is 2.33. The molecule has 4 nitrogen and oxygen atoms in total. The maximum Gasteiger partial charge on any atom is 0.335 e. The number of hydrogen-bond acceptors (Lipinski definition) is 3. The number of nitrogens with two attached hydrogens (primary N) is 1. The number of anilines is 1. The second-order valence-electron chi connectivity index (χ2n) is 4.44. The fraction of sp³-hybridized carbons (Fsp3) is 0.462. The van der Waals surface area contributed by atoms with Crippen LogP contribution in [0.4, 0.5) is 5.69 Å². The molecule has 0 heterocycles. The van der Waals surface area contributed by atoms with Gasteiger partial charge in [-0.2, -0.15) is 0 Å². The van der Waals surface area contributed by atoms with E-state index in [-0.39, 0.29) is 11.7 Å². The number of aromatic carboxylic acids is 1. The van der Waals surface area contributed by atoms with E-state index in [4.69, 9.17) is 15.6 Å². The van der Waals surface area contributed by atoms with E-state index in [2.05, 4.69) is 0 Å². The van der Waals surface area contributed by atoms with Crippen LogP contribution in [0.5, 0.6) is 5.75 Å². The SMILES string of the molecule is Nc1ccc(C(=O)O)cc1OC1CCCCC1. The van der Waals surface area contributed by atoms with Gasteiger partial charge in [-0.15, -0.1) is 0 Å². The zero-order valence-corrected chi connectivity index (χ0v) is 9.69. The third-order valence-corrected chi connectivity index (χ3v) is 3.11. The minimum Gasteiger partial charge on any atom is -0.488 e. The van der Waals surface area contributed by atoms with Gasteiger partial charge in [-0.3, -0.25) is 0 Å². The molecule has 1 aliphatic carbocycles. The zero-order chi connectivity index (χ0) is 12.3. The van der Waals surface area contributed by atoms with Crippen LogP contribution in [0.2, 0.25) is 0 Å². The van der Waals surface area contributed by atoms with Crippen molar-refractivity contribution in [2.75, 3.05) is 5.73 Å². The molecule has 0 unspecified atom stereocenters. The van der Waals surface area contributed by atoms with Crippen LogP contribution in [0, 0.1) is 0 Å². The van der Waals surface area contributed by atoms with E-state index >= 15 is 0 Å². The number of rotatable bonds is 3. The van der Waals surface area contributed by atoms with Gasteiger partial charge in [0.25, 0.3) is 0 Å². The molecule has 0 radical (unpaired) electrons. The number of carboxylic acids is 1. The number of carbonyl (C=O) groups is 1. The van der Waals surface area contributed by atoms with Gasteiger partial charge in [-0.25, -0.2) is 4.79 Å². The minimum absolute atomic E-state index is 0.176. The molecule has 1 saturated carbocycles. The first-order valence-electron chi connectivity index (χ1n) is 5.96. The fourth-order valence-electron chi connectivity index (χ4n) is 2.13. The van der Waals surface area contributed by atoms with Crippen LogP contribution in [0.1, 0.15) is 42.5 Å². The molecule has 1 fully saturated rings. The Labute approximate surface area is 100 Å². The molecule has 17 heavy (non-hydrogen) atoms. The Hall–Kier alpha value is -1.71. The Morgan fingerprint density at radius 2 is 2.00 bits per heavy atom. The van der Waals surface area contributed by atoms with Crippen molar-refractivity contribution in [2.45, 2.75) is 38.2 Å². The highest BCUT2D eigenvalue weighted by Gasteiger charge is 2.17. The van der Waals surface area contributed by atoms with Gasteiger partial charge in [-0.05, 0) is 43.9 Å². The van der Waals surface area contributed by atoms with Crippen LogP contribution in [-0.4, -0.2) is 17.2 Å². The molecule has 1 aromatic rings. The van der Waals surface area contributed by atoms with E-state index < -0.39 is 5.97 Å². The average molecular weight is 235 g/mol. The van der Waals surface area contributed by atoms with Gasteiger partial charge in [0, 0.05) is 0 Å². The molecule has 2 rings (SSSR count). The number of hydrogen-bond donors (Lipinski definition) is 2. The minimum atomic E-state index is -0.960. The predicted octanol–water partition coefficient (Wildman–Crippen LogP) is 2.68. The summed E-state index contributed by atoms with van der Waals surface area (Å²) in [7, 11) is 0. The lowest BCUT2D eigenvalue weighted by Gasteiger charge is -2.23. The quantitative estimate of drug-likeness (QED) is 0.790. The Morgan fingerprint density at radius 3 is 2.65 bits per heavy atom. The summed E-state index contributed by atoms with van der Waals surface area (Å²) in [5.41, 5.74) is 6.50. The summed E-state index contributed by atoms with van der Waals surface area (Å²) < 4.78 is 5.79. The maximum absolute atomic E-state index is 10.9. The molecule has 0 bridgehead atoms. The van der Waals surface area contributed by atoms with E-state index in [1.54, 1.807) is 6.07 Å². The molecule has 1 aliphatic rings. The van der Waals surface area contributed by atoms with Gasteiger partial charge in [0.2, 0.25) is 0 Å². The topological polar surface area (TPSA) is 72.6 Å². The van der Waals surface area contributed by atoms with Gasteiger partial charge >= 0.3 is 5.97 Å². The molecular weight excluding hydrogens is 218 g/mol. The normalized spacial score (nSPS) is 16.7. The van der Waals surface area contributed by atoms with Crippen LogP contribution in [0.3, 0.4) is 0 Å². The van der Waals surface area contributed by atoms with Crippen LogP contribution in [0.15, 0.2) is 18.2 Å². The molecule has 3 N–H and O–H groups in total. The van der Waals surface area contributed by atoms with Crippen LogP contribution >= 0.6 is 0 Å². The summed E-state index contributed by atoms with van der Waals surface area (Å²) in [5, 5.41) is 8.91. The Morgan fingerprint density at radius 1 is 1.29 bits per heavy atom. The largest absolute Gasteiger partial charge is 0.488 e. The van der Waals surface area contributed by atoms with Gasteiger partial charge < -0.3 is 15.6 Å². The highest BCUT2D eigenvalue weighted by Crippen LogP contribution is 2.28. The Balaban J connectivity index is 2.13. The Bertz CT molecular complexity index is 411. The number of carboxylic acid groups (broad SMARTS) is 1. The molecule has 4 heteroatoms. The fourth-order valence-corrected chi connectivity index (χ4v) is 2.13. The van der Waals surface area contributed by atoms with Gasteiger partial charge in [-0.1, -0.05) is 6.42 Å². The first-order chi connectivity index (χ1) is 8.16. The van der Waals surface area contributed by atoms with Gasteiger partial charge in [0.15, 0.2) is 0 Å². The Kier molecular flexibility index (Phi) is 3.52. The molecule has 0 spiro atoms. The monoisotopic (exact) mass is 235 g/mol. The number of ether oxygens (including phenoxy) is 1. The lowest BCUT2D eigenvalue weighted by Crippen LogP contribution is -2.20. The predicted molar refractivity (Wildman–Crippen MR) is 65.3 cm³/mol. The third-order valence-electron chi connectivity index (χ3n) is 3.11. The van der Waals surface area contributed by atoms with Crippen molar-refractivity contribution in [2.24, 2.45) is 0 Å². The number of benzene rings is 1. The van der Waals surface area contributed by atoms with Crippen molar-refractivity contribution >= 4 is 11.7 Å². The standard InChI is InChI=1S/C13H17NO3/c14-11-7-6-9(13(15)16)8-12(11)17-10-4-2-1-3-5-10/h6-8,10H,1-5,14H2,(H,15,16). The molecule has 92 valence electrons.